The lowest BCUT2D eigenvalue weighted by molar-refractivity contribution is -0.149. The molecular formula is C20H36O8. The van der Waals surface area contributed by atoms with Crippen LogP contribution in [-0.2, 0) is 19.0 Å². The zero-order valence-electron chi connectivity index (χ0n) is 17.2. The van der Waals surface area contributed by atoms with Gasteiger partial charge in [0.1, 0.15) is 19.3 Å². The second-order valence-electron chi connectivity index (χ2n) is 7.89. The van der Waals surface area contributed by atoms with Gasteiger partial charge in [-0.2, -0.15) is 0 Å². The van der Waals surface area contributed by atoms with Crippen LogP contribution in [-0.4, -0.2) is 70.1 Å². The van der Waals surface area contributed by atoms with Crippen molar-refractivity contribution in [2.75, 3.05) is 19.8 Å². The van der Waals surface area contributed by atoms with Crippen LogP contribution < -0.4 is 0 Å². The fraction of sp³-hybridized carbons (Fsp3) is 0.850. The van der Waals surface area contributed by atoms with Crippen LogP contribution in [0.15, 0.2) is 11.5 Å². The number of cyclic esters (lactones) is 1. The number of carbonyl (C=O) groups excluding carboxylic acids is 1. The van der Waals surface area contributed by atoms with Gasteiger partial charge in [-0.25, -0.2) is 4.79 Å². The zero-order chi connectivity index (χ0) is 21.2. The van der Waals surface area contributed by atoms with Crippen molar-refractivity contribution in [2.45, 2.75) is 89.6 Å². The molecule has 3 atom stereocenters. The molecule has 0 saturated heterocycles. The number of aliphatic hydroxyl groups is 4. The van der Waals surface area contributed by atoms with E-state index in [4.69, 9.17) is 19.3 Å². The second kappa shape index (κ2) is 12.3. The van der Waals surface area contributed by atoms with Crippen molar-refractivity contribution in [1.29, 1.82) is 0 Å². The molecule has 1 aliphatic heterocycles. The molecule has 4 N–H and O–H groups in total. The van der Waals surface area contributed by atoms with Gasteiger partial charge < -0.3 is 34.6 Å². The van der Waals surface area contributed by atoms with Crippen molar-refractivity contribution < 1.29 is 39.4 Å². The summed E-state index contributed by atoms with van der Waals surface area (Å²) in [7, 11) is 0. The summed E-state index contributed by atoms with van der Waals surface area (Å²) in [5.41, 5.74) is -1.18. The van der Waals surface area contributed by atoms with E-state index >= 15 is 0 Å². The lowest BCUT2D eigenvalue weighted by atomic mass is 10.1. The Balaban J connectivity index is 2.61. The normalized spacial score (nSPS) is 19.5. The quantitative estimate of drug-likeness (QED) is 0.238. The number of aliphatic hydroxyl groups excluding tert-OH is 3. The van der Waals surface area contributed by atoms with Gasteiger partial charge in [0.05, 0.1) is 18.3 Å². The van der Waals surface area contributed by atoms with Crippen molar-refractivity contribution in [1.82, 2.24) is 0 Å². The van der Waals surface area contributed by atoms with E-state index in [1.807, 2.05) is 0 Å². The summed E-state index contributed by atoms with van der Waals surface area (Å²) in [4.78, 5) is 12.1. The predicted molar refractivity (Wildman–Crippen MR) is 102 cm³/mol. The molecule has 0 bridgehead atoms. The largest absolute Gasteiger partial charge is 0.487 e. The maximum atomic E-state index is 12.1. The lowest BCUT2D eigenvalue weighted by Crippen LogP contribution is -2.34. The Morgan fingerprint density at radius 1 is 1.11 bits per heavy atom. The highest BCUT2D eigenvalue weighted by Crippen LogP contribution is 2.28. The van der Waals surface area contributed by atoms with Crippen LogP contribution >= 0.6 is 0 Å². The van der Waals surface area contributed by atoms with Crippen LogP contribution in [0.2, 0.25) is 0 Å². The van der Waals surface area contributed by atoms with Crippen LogP contribution in [0, 0.1) is 0 Å². The molecule has 8 heteroatoms. The van der Waals surface area contributed by atoms with Crippen molar-refractivity contribution in [2.24, 2.45) is 0 Å². The Morgan fingerprint density at radius 3 is 2.36 bits per heavy atom. The van der Waals surface area contributed by atoms with E-state index in [1.54, 1.807) is 0 Å². The molecule has 0 fully saturated rings. The highest BCUT2D eigenvalue weighted by molar-refractivity contribution is 5.89. The summed E-state index contributed by atoms with van der Waals surface area (Å²) in [6.45, 7) is 4.28. The van der Waals surface area contributed by atoms with Crippen molar-refractivity contribution in [3.05, 3.63) is 11.5 Å². The zero-order valence-corrected chi connectivity index (χ0v) is 17.2. The topological polar surface area (TPSA) is 126 Å². The van der Waals surface area contributed by atoms with E-state index < -0.39 is 36.5 Å². The highest BCUT2D eigenvalue weighted by Gasteiger charge is 2.42. The molecule has 8 nitrogen and oxygen atoms in total. The van der Waals surface area contributed by atoms with Gasteiger partial charge in [0, 0.05) is 0 Å². The molecule has 1 rings (SSSR count). The third-order valence-corrected chi connectivity index (χ3v) is 4.33. The van der Waals surface area contributed by atoms with Crippen LogP contribution in [0.3, 0.4) is 0 Å². The maximum Gasteiger partial charge on any atom is 0.378 e. The molecule has 164 valence electrons. The molecule has 0 aromatic heterocycles. The number of esters is 1. The van der Waals surface area contributed by atoms with E-state index in [1.165, 1.54) is 33.1 Å². The number of rotatable bonds is 15. The molecular weight excluding hydrogens is 368 g/mol. The minimum atomic E-state index is -1.38. The Morgan fingerprint density at radius 2 is 1.75 bits per heavy atom. The Kier molecular flexibility index (Phi) is 10.8. The summed E-state index contributed by atoms with van der Waals surface area (Å²) in [5.74, 6) is -1.17. The number of hydrogen-bond acceptors (Lipinski definition) is 8. The van der Waals surface area contributed by atoms with Gasteiger partial charge in [0.25, 0.3) is 0 Å². The monoisotopic (exact) mass is 404 g/mol. The maximum absolute atomic E-state index is 12.1. The van der Waals surface area contributed by atoms with Gasteiger partial charge in [-0.05, 0) is 20.3 Å². The van der Waals surface area contributed by atoms with Gasteiger partial charge in [-0.1, -0.05) is 45.4 Å². The van der Waals surface area contributed by atoms with Crippen molar-refractivity contribution in [3.63, 3.8) is 0 Å². The standard InChI is InChI=1S/C20H36O8/c1-4-5-6-7-8-9-10-14(22)12-26-18-17(27-13-20(2,3)25)16(15(23)11-21)28-19(18)24/h14-16,21-23,25H,4-13H2,1-3H3/t14?,15-,16+/m0/s1. The van der Waals surface area contributed by atoms with Gasteiger partial charge in [0.2, 0.25) is 5.76 Å². The molecule has 28 heavy (non-hydrogen) atoms. The van der Waals surface area contributed by atoms with E-state index in [0.717, 1.165) is 19.3 Å². The smallest absolute Gasteiger partial charge is 0.378 e. The Bertz CT molecular complexity index is 497. The van der Waals surface area contributed by atoms with E-state index in [-0.39, 0.29) is 24.7 Å². The second-order valence-corrected chi connectivity index (χ2v) is 7.89. The van der Waals surface area contributed by atoms with Crippen molar-refractivity contribution >= 4 is 5.97 Å². The average Bonchev–Trinajstić information content (AvgIpc) is 2.95. The van der Waals surface area contributed by atoms with E-state index in [9.17, 15) is 20.1 Å². The van der Waals surface area contributed by atoms with Gasteiger partial charge in [0.15, 0.2) is 11.9 Å². The van der Waals surface area contributed by atoms with E-state index in [2.05, 4.69) is 6.92 Å². The molecule has 0 aromatic carbocycles. The molecule has 1 aliphatic rings. The first-order valence-electron chi connectivity index (χ1n) is 10.1. The summed E-state index contributed by atoms with van der Waals surface area (Å²) >= 11 is 0. The van der Waals surface area contributed by atoms with Crippen LogP contribution in [0.25, 0.3) is 0 Å². The minimum Gasteiger partial charge on any atom is -0.487 e. The summed E-state index contributed by atoms with van der Waals surface area (Å²) < 4.78 is 15.9. The molecule has 1 unspecified atom stereocenters. The lowest BCUT2D eigenvalue weighted by Gasteiger charge is -2.22. The summed E-state index contributed by atoms with van der Waals surface area (Å²) in [6.07, 6.45) is 3.84. The molecule has 1 heterocycles. The predicted octanol–water partition coefficient (Wildman–Crippen LogP) is 1.39. The third kappa shape index (κ3) is 8.77. The molecule has 0 saturated carbocycles. The molecule has 0 radical (unpaired) electrons. The SMILES string of the molecule is CCCCCCCCC(O)COC1=C(OCC(C)(C)O)[C@@H]([C@@H](O)CO)OC1=O. The van der Waals surface area contributed by atoms with Gasteiger partial charge >= 0.3 is 5.97 Å². The highest BCUT2D eigenvalue weighted by atomic mass is 16.6. The minimum absolute atomic E-state index is 0.0829. The molecule has 0 aromatic rings. The first-order chi connectivity index (χ1) is 13.2. The Hall–Kier alpha value is -1.35. The molecule has 0 amide bonds. The number of carbonyl (C=O) groups is 1. The van der Waals surface area contributed by atoms with Crippen LogP contribution in [0.4, 0.5) is 0 Å². The first-order valence-corrected chi connectivity index (χ1v) is 10.1. The molecule has 0 aliphatic carbocycles. The first kappa shape index (κ1) is 24.7. The van der Waals surface area contributed by atoms with Gasteiger partial charge in [-0.3, -0.25) is 0 Å². The fourth-order valence-corrected chi connectivity index (χ4v) is 2.76. The van der Waals surface area contributed by atoms with E-state index in [0.29, 0.717) is 6.42 Å². The summed E-state index contributed by atoms with van der Waals surface area (Å²) in [6, 6.07) is 0. The van der Waals surface area contributed by atoms with Crippen molar-refractivity contribution in [3.8, 4) is 0 Å². The number of ether oxygens (including phenoxy) is 3. The third-order valence-electron chi connectivity index (χ3n) is 4.33. The summed E-state index contributed by atoms with van der Waals surface area (Å²) in [5, 5.41) is 39.0. The number of hydrogen-bond donors (Lipinski definition) is 4. The van der Waals surface area contributed by atoms with Crippen LogP contribution in [0.5, 0.6) is 0 Å². The average molecular weight is 405 g/mol. The number of unbranched alkanes of at least 4 members (excludes halogenated alkanes) is 5. The fourth-order valence-electron chi connectivity index (χ4n) is 2.76. The molecule has 0 spiro atoms. The van der Waals surface area contributed by atoms with Gasteiger partial charge in [-0.15, -0.1) is 0 Å². The van der Waals surface area contributed by atoms with Crippen LogP contribution in [0.1, 0.15) is 65.7 Å². The Labute approximate surface area is 167 Å².